The van der Waals surface area contributed by atoms with Gasteiger partial charge in [0.2, 0.25) is 0 Å². The molecule has 0 aliphatic carbocycles. The molecule has 1 aromatic rings. The molecule has 0 spiro atoms. The summed E-state index contributed by atoms with van der Waals surface area (Å²) in [6.45, 7) is 2.75. The van der Waals surface area contributed by atoms with Crippen LogP contribution in [-0.2, 0) is 11.3 Å². The number of hydrogen-bond acceptors (Lipinski definition) is 3. The number of nitrogens with zero attached hydrogens (tertiary/aromatic N) is 1. The Hall–Kier alpha value is -1.26. The monoisotopic (exact) mass is 282 g/mol. The van der Waals surface area contributed by atoms with Crippen LogP contribution >= 0.6 is 11.6 Å². The van der Waals surface area contributed by atoms with Crippen LogP contribution in [0.5, 0.6) is 0 Å². The van der Waals surface area contributed by atoms with Crippen LogP contribution < -0.4 is 5.73 Å². The van der Waals surface area contributed by atoms with Crippen LogP contribution in [0.15, 0.2) is 30.3 Å². The van der Waals surface area contributed by atoms with Crippen LogP contribution in [-0.4, -0.2) is 35.5 Å². The van der Waals surface area contributed by atoms with Gasteiger partial charge in [0.25, 0.3) is 0 Å². The number of amides is 1. The van der Waals surface area contributed by atoms with Crippen LogP contribution in [0, 0.1) is 5.92 Å². The topological polar surface area (TPSA) is 55.6 Å². The van der Waals surface area contributed by atoms with Crippen molar-refractivity contribution < 1.29 is 9.53 Å². The van der Waals surface area contributed by atoms with Gasteiger partial charge in [0.05, 0.1) is 0 Å². The second-order valence-electron chi connectivity index (χ2n) is 4.92. The fourth-order valence-electron chi connectivity index (χ4n) is 2.40. The number of alkyl halides is 1. The Bertz CT molecular complexity index is 427. The van der Waals surface area contributed by atoms with E-state index in [4.69, 9.17) is 22.1 Å². The maximum Gasteiger partial charge on any atom is 0.410 e. The molecule has 0 saturated carbocycles. The van der Waals surface area contributed by atoms with Crippen molar-refractivity contribution in [1.29, 1.82) is 0 Å². The number of halogens is 1. The lowest BCUT2D eigenvalue weighted by Gasteiger charge is -2.23. The lowest BCUT2D eigenvalue weighted by atomic mass is 10.0. The van der Waals surface area contributed by atoms with Gasteiger partial charge >= 0.3 is 6.09 Å². The number of ether oxygens (including phenoxy) is 1. The first-order valence-corrected chi connectivity index (χ1v) is 6.95. The van der Waals surface area contributed by atoms with Gasteiger partial charge in [-0.3, -0.25) is 0 Å². The highest BCUT2D eigenvalue weighted by Gasteiger charge is 2.39. The number of nitrogens with two attached hydrogens (primary N) is 1. The van der Waals surface area contributed by atoms with Crippen LogP contribution in [0.2, 0.25) is 0 Å². The Morgan fingerprint density at radius 2 is 2.16 bits per heavy atom. The molecule has 3 atom stereocenters. The summed E-state index contributed by atoms with van der Waals surface area (Å²) in [5.41, 5.74) is 6.95. The Balaban J connectivity index is 1.90. The molecule has 1 aromatic carbocycles. The minimum atomic E-state index is -0.320. The van der Waals surface area contributed by atoms with Crippen LogP contribution in [0.1, 0.15) is 12.5 Å². The van der Waals surface area contributed by atoms with Gasteiger partial charge in [-0.2, -0.15) is 0 Å². The molecule has 2 rings (SSSR count). The highest BCUT2D eigenvalue weighted by molar-refractivity contribution is 6.18. The zero-order valence-electron chi connectivity index (χ0n) is 11.0. The predicted molar refractivity (Wildman–Crippen MR) is 75.0 cm³/mol. The molecule has 1 aliphatic heterocycles. The Kier molecular flexibility index (Phi) is 4.66. The lowest BCUT2D eigenvalue weighted by molar-refractivity contribution is 0.0918. The largest absolute Gasteiger partial charge is 0.445 e. The quantitative estimate of drug-likeness (QED) is 0.865. The third kappa shape index (κ3) is 3.19. The van der Waals surface area contributed by atoms with Gasteiger partial charge in [-0.1, -0.05) is 30.3 Å². The number of carbonyl (C=O) groups is 1. The number of rotatable bonds is 3. The number of benzene rings is 1. The Morgan fingerprint density at radius 1 is 1.47 bits per heavy atom. The van der Waals surface area contributed by atoms with E-state index in [0.717, 1.165) is 5.56 Å². The first-order valence-electron chi connectivity index (χ1n) is 6.42. The smallest absolute Gasteiger partial charge is 0.410 e. The van der Waals surface area contributed by atoms with Gasteiger partial charge in [-0.25, -0.2) is 4.79 Å². The highest BCUT2D eigenvalue weighted by Crippen LogP contribution is 2.25. The average molecular weight is 283 g/mol. The molecule has 1 aliphatic rings. The van der Waals surface area contributed by atoms with Crippen molar-refractivity contribution in [3.8, 4) is 0 Å². The van der Waals surface area contributed by atoms with Crippen molar-refractivity contribution >= 4 is 17.7 Å². The molecule has 0 bridgehead atoms. The molecule has 3 unspecified atom stereocenters. The summed E-state index contributed by atoms with van der Waals surface area (Å²) >= 11 is 5.88. The Morgan fingerprint density at radius 3 is 2.74 bits per heavy atom. The van der Waals surface area contributed by atoms with E-state index in [1.165, 1.54) is 0 Å². The first kappa shape index (κ1) is 14.2. The fraction of sp³-hybridized carbons (Fsp3) is 0.500. The fourth-order valence-corrected chi connectivity index (χ4v) is 2.89. The molecule has 19 heavy (non-hydrogen) atoms. The third-order valence-corrected chi connectivity index (χ3v) is 4.04. The zero-order chi connectivity index (χ0) is 13.8. The van der Waals surface area contributed by atoms with Gasteiger partial charge in [-0.15, -0.1) is 11.6 Å². The molecule has 0 aromatic heterocycles. The van der Waals surface area contributed by atoms with Crippen molar-refractivity contribution in [1.82, 2.24) is 4.90 Å². The molecule has 104 valence electrons. The van der Waals surface area contributed by atoms with E-state index in [-0.39, 0.29) is 30.7 Å². The normalized spacial score (nSPS) is 26.5. The Labute approximate surface area is 118 Å². The van der Waals surface area contributed by atoms with Gasteiger partial charge in [0.15, 0.2) is 0 Å². The van der Waals surface area contributed by atoms with Crippen LogP contribution in [0.4, 0.5) is 4.79 Å². The molecule has 1 fully saturated rings. The van der Waals surface area contributed by atoms with Gasteiger partial charge in [0, 0.05) is 30.4 Å². The molecular weight excluding hydrogens is 264 g/mol. The summed E-state index contributed by atoms with van der Waals surface area (Å²) in [5, 5.41) is 0. The summed E-state index contributed by atoms with van der Waals surface area (Å²) in [5.74, 6) is 0.594. The summed E-state index contributed by atoms with van der Waals surface area (Å²) in [7, 11) is 0. The SMILES string of the molecule is CC1C(CCl)C(N)CN1C(=O)OCc1ccccc1. The van der Waals surface area contributed by atoms with Crippen molar-refractivity contribution in [2.45, 2.75) is 25.6 Å². The van der Waals surface area contributed by atoms with Crippen molar-refractivity contribution in [2.24, 2.45) is 11.7 Å². The summed E-state index contributed by atoms with van der Waals surface area (Å²) in [4.78, 5) is 13.7. The standard InChI is InChI=1S/C14H19ClN2O2/c1-10-12(7-15)13(16)8-17(10)14(18)19-9-11-5-3-2-4-6-11/h2-6,10,12-13H,7-9,16H2,1H3. The average Bonchev–Trinajstić information content (AvgIpc) is 2.72. The van der Waals surface area contributed by atoms with Crippen LogP contribution in [0.25, 0.3) is 0 Å². The maximum absolute atomic E-state index is 12.0. The molecule has 1 saturated heterocycles. The summed E-state index contributed by atoms with van der Waals surface area (Å²) < 4.78 is 5.31. The second-order valence-corrected chi connectivity index (χ2v) is 5.22. The zero-order valence-corrected chi connectivity index (χ0v) is 11.7. The molecule has 5 heteroatoms. The van der Waals surface area contributed by atoms with E-state index < -0.39 is 0 Å². The minimum Gasteiger partial charge on any atom is -0.445 e. The molecule has 4 nitrogen and oxygen atoms in total. The van der Waals surface area contributed by atoms with E-state index in [0.29, 0.717) is 12.4 Å². The van der Waals surface area contributed by atoms with E-state index in [1.807, 2.05) is 37.3 Å². The van der Waals surface area contributed by atoms with E-state index in [9.17, 15) is 4.79 Å². The molecule has 2 N–H and O–H groups in total. The van der Waals surface area contributed by atoms with Crippen molar-refractivity contribution in [3.05, 3.63) is 35.9 Å². The number of hydrogen-bond donors (Lipinski definition) is 1. The van der Waals surface area contributed by atoms with Gasteiger partial charge in [0.1, 0.15) is 6.61 Å². The van der Waals surface area contributed by atoms with E-state index >= 15 is 0 Å². The first-order chi connectivity index (χ1) is 9.13. The van der Waals surface area contributed by atoms with E-state index in [1.54, 1.807) is 4.90 Å². The number of carbonyl (C=O) groups excluding carboxylic acids is 1. The molecular formula is C14H19ClN2O2. The summed E-state index contributed by atoms with van der Waals surface area (Å²) in [6.07, 6.45) is -0.320. The third-order valence-electron chi connectivity index (χ3n) is 3.69. The maximum atomic E-state index is 12.0. The molecule has 0 radical (unpaired) electrons. The number of likely N-dealkylation sites (tertiary alicyclic amines) is 1. The molecule has 1 amide bonds. The van der Waals surface area contributed by atoms with Crippen molar-refractivity contribution in [3.63, 3.8) is 0 Å². The molecule has 1 heterocycles. The highest BCUT2D eigenvalue weighted by atomic mass is 35.5. The minimum absolute atomic E-state index is 0.0239. The van der Waals surface area contributed by atoms with Gasteiger partial charge in [-0.05, 0) is 12.5 Å². The van der Waals surface area contributed by atoms with Gasteiger partial charge < -0.3 is 15.4 Å². The second kappa shape index (κ2) is 6.26. The van der Waals surface area contributed by atoms with Crippen LogP contribution in [0.3, 0.4) is 0 Å². The van der Waals surface area contributed by atoms with E-state index in [2.05, 4.69) is 0 Å². The summed E-state index contributed by atoms with van der Waals surface area (Å²) in [6, 6.07) is 9.56. The van der Waals surface area contributed by atoms with Crippen molar-refractivity contribution in [2.75, 3.05) is 12.4 Å². The predicted octanol–water partition coefficient (Wildman–Crippen LogP) is 2.21. The lowest BCUT2D eigenvalue weighted by Crippen LogP contribution is -2.36.